The molecule has 0 aromatic rings. The van der Waals surface area contributed by atoms with Crippen molar-refractivity contribution in [2.45, 2.75) is 116 Å². The Hall–Kier alpha value is -2.32. The fourth-order valence-electron chi connectivity index (χ4n) is 3.73. The zero-order valence-electron chi connectivity index (χ0n) is 21.9. The summed E-state index contributed by atoms with van der Waals surface area (Å²) in [5.74, 6) is -0.882. The summed E-state index contributed by atoms with van der Waals surface area (Å²) in [7, 11) is 1.27. The number of rotatable bonds is 20. The molecule has 0 unspecified atom stereocenters. The largest absolute Gasteiger partial charge is 0.467 e. The van der Waals surface area contributed by atoms with Crippen LogP contribution in [0, 0.1) is 5.92 Å². The van der Waals surface area contributed by atoms with Gasteiger partial charge in [-0.15, -0.1) is 0 Å². The van der Waals surface area contributed by atoms with Crippen LogP contribution < -0.4 is 22.1 Å². The van der Waals surface area contributed by atoms with Crippen molar-refractivity contribution in [1.29, 1.82) is 0 Å². The lowest BCUT2D eigenvalue weighted by Crippen LogP contribution is -2.52. The molecule has 0 aromatic carbocycles. The van der Waals surface area contributed by atoms with Crippen LogP contribution in [0.15, 0.2) is 4.99 Å². The number of nitrogens with one attached hydrogen (secondary N) is 2. The zero-order valence-corrected chi connectivity index (χ0v) is 21.9. The highest BCUT2D eigenvalue weighted by Crippen LogP contribution is 2.11. The van der Waals surface area contributed by atoms with Gasteiger partial charge in [0.1, 0.15) is 12.1 Å². The van der Waals surface area contributed by atoms with Crippen molar-refractivity contribution in [3.05, 3.63) is 0 Å². The number of unbranched alkanes of at least 4 members (excludes halogenated alkanes) is 8. The smallest absolute Gasteiger partial charge is 0.328 e. The molecule has 0 aliphatic heterocycles. The summed E-state index contributed by atoms with van der Waals surface area (Å²) in [6, 6.07) is -1.52. The quantitative estimate of drug-likeness (QED) is 0.0904. The maximum Gasteiger partial charge on any atom is 0.328 e. The predicted molar refractivity (Wildman–Crippen MR) is 137 cm³/mol. The molecule has 2 amide bonds. The lowest BCUT2D eigenvalue weighted by Gasteiger charge is -2.23. The van der Waals surface area contributed by atoms with Crippen LogP contribution >= 0.6 is 0 Å². The molecule has 34 heavy (non-hydrogen) atoms. The van der Waals surface area contributed by atoms with Gasteiger partial charge in [-0.05, 0) is 31.6 Å². The van der Waals surface area contributed by atoms with E-state index in [-0.39, 0.29) is 23.7 Å². The fraction of sp³-hybridized carbons (Fsp3) is 0.840. The molecule has 0 aliphatic rings. The number of ether oxygens (including phenoxy) is 1. The van der Waals surface area contributed by atoms with E-state index in [4.69, 9.17) is 16.2 Å². The van der Waals surface area contributed by atoms with Gasteiger partial charge < -0.3 is 26.8 Å². The predicted octanol–water partition coefficient (Wildman–Crippen LogP) is 3.15. The molecular weight excluding hydrogens is 434 g/mol. The molecular formula is C25H49N5O4. The number of nitrogens with two attached hydrogens (primary N) is 2. The number of carbonyl (C=O) groups is 3. The Morgan fingerprint density at radius 3 is 1.97 bits per heavy atom. The van der Waals surface area contributed by atoms with Gasteiger partial charge in [0.2, 0.25) is 11.8 Å². The number of guanidine groups is 1. The van der Waals surface area contributed by atoms with Crippen LogP contribution in [0.25, 0.3) is 0 Å². The first-order chi connectivity index (χ1) is 16.2. The number of hydrogen-bond acceptors (Lipinski definition) is 5. The number of aliphatic imine (C=N–C) groups is 1. The van der Waals surface area contributed by atoms with Crippen LogP contribution in [-0.4, -0.2) is 49.5 Å². The Labute approximate surface area is 206 Å². The van der Waals surface area contributed by atoms with E-state index in [1.54, 1.807) is 0 Å². The van der Waals surface area contributed by atoms with Crippen LogP contribution in [0.5, 0.6) is 0 Å². The standard InChI is InChI=1S/C25H49N5O4/c1-5-6-7-8-9-10-11-12-13-16-22(31)29-21(18-19(2)3)23(32)30-20(24(33)34-4)15-14-17-28-25(26)27/h19-21H,5-18H2,1-4H3,(H,29,31)(H,30,32)(H4,26,27,28)/t20-,21-/m0/s1. The fourth-order valence-corrected chi connectivity index (χ4v) is 3.73. The Kier molecular flexibility index (Phi) is 18.7. The van der Waals surface area contributed by atoms with Crippen molar-refractivity contribution >= 4 is 23.7 Å². The van der Waals surface area contributed by atoms with Gasteiger partial charge in [-0.1, -0.05) is 72.1 Å². The van der Waals surface area contributed by atoms with Gasteiger partial charge in [0.05, 0.1) is 7.11 Å². The third-order valence-electron chi connectivity index (χ3n) is 5.61. The highest BCUT2D eigenvalue weighted by molar-refractivity contribution is 5.90. The van der Waals surface area contributed by atoms with Gasteiger partial charge in [0.15, 0.2) is 5.96 Å². The molecule has 0 rings (SSSR count). The number of methoxy groups -OCH3 is 1. The van der Waals surface area contributed by atoms with Crippen LogP contribution in [0.4, 0.5) is 0 Å². The summed E-state index contributed by atoms with van der Waals surface area (Å²) in [6.45, 7) is 6.53. The van der Waals surface area contributed by atoms with E-state index < -0.39 is 18.1 Å². The molecule has 0 aliphatic carbocycles. The van der Waals surface area contributed by atoms with Gasteiger partial charge in [0.25, 0.3) is 0 Å². The molecule has 0 aromatic heterocycles. The Morgan fingerprint density at radius 2 is 1.44 bits per heavy atom. The molecule has 0 radical (unpaired) electrons. The van der Waals surface area contributed by atoms with E-state index in [1.165, 1.54) is 45.6 Å². The number of esters is 1. The molecule has 2 atom stereocenters. The van der Waals surface area contributed by atoms with Crippen molar-refractivity contribution in [2.24, 2.45) is 22.4 Å². The maximum absolute atomic E-state index is 12.9. The number of nitrogens with zero attached hydrogens (tertiary/aromatic N) is 1. The number of hydrogen-bond donors (Lipinski definition) is 4. The van der Waals surface area contributed by atoms with E-state index in [0.717, 1.165) is 19.3 Å². The van der Waals surface area contributed by atoms with Crippen LogP contribution in [0.3, 0.4) is 0 Å². The third-order valence-corrected chi connectivity index (χ3v) is 5.61. The summed E-state index contributed by atoms with van der Waals surface area (Å²) in [5, 5.41) is 5.59. The van der Waals surface area contributed by atoms with Crippen LogP contribution in [-0.2, 0) is 19.1 Å². The van der Waals surface area contributed by atoms with E-state index in [1.807, 2.05) is 13.8 Å². The Bertz CT molecular complexity index is 606. The van der Waals surface area contributed by atoms with Gasteiger partial charge in [-0.2, -0.15) is 0 Å². The molecule has 9 nitrogen and oxygen atoms in total. The Morgan fingerprint density at radius 1 is 0.853 bits per heavy atom. The number of carbonyl (C=O) groups excluding carboxylic acids is 3. The minimum Gasteiger partial charge on any atom is -0.467 e. The molecule has 0 spiro atoms. The van der Waals surface area contributed by atoms with Crippen molar-refractivity contribution < 1.29 is 19.1 Å². The monoisotopic (exact) mass is 483 g/mol. The molecule has 0 fully saturated rings. The second kappa shape index (κ2) is 20.1. The van der Waals surface area contributed by atoms with E-state index in [9.17, 15) is 14.4 Å². The molecule has 0 heterocycles. The summed E-state index contributed by atoms with van der Waals surface area (Å²) in [5.41, 5.74) is 10.6. The zero-order chi connectivity index (χ0) is 25.8. The van der Waals surface area contributed by atoms with Crippen molar-refractivity contribution in [2.75, 3.05) is 13.7 Å². The number of amides is 2. The molecule has 0 saturated carbocycles. The summed E-state index contributed by atoms with van der Waals surface area (Å²) in [4.78, 5) is 41.4. The van der Waals surface area contributed by atoms with Gasteiger partial charge in [-0.3, -0.25) is 14.6 Å². The van der Waals surface area contributed by atoms with Gasteiger partial charge in [0, 0.05) is 13.0 Å². The Balaban J connectivity index is 4.59. The molecule has 0 bridgehead atoms. The summed E-state index contributed by atoms with van der Waals surface area (Å²) < 4.78 is 4.82. The third kappa shape index (κ3) is 17.2. The molecule has 198 valence electrons. The topological polar surface area (TPSA) is 149 Å². The summed E-state index contributed by atoms with van der Waals surface area (Å²) >= 11 is 0. The SMILES string of the molecule is CCCCCCCCCCCC(=O)N[C@@H](CC(C)C)C(=O)N[C@@H](CCCN=C(N)N)C(=O)OC. The first-order valence-electron chi connectivity index (χ1n) is 12.9. The van der Waals surface area contributed by atoms with E-state index in [2.05, 4.69) is 22.5 Å². The average molecular weight is 484 g/mol. The molecule has 0 saturated heterocycles. The van der Waals surface area contributed by atoms with E-state index >= 15 is 0 Å². The molecule has 6 N–H and O–H groups in total. The maximum atomic E-state index is 12.9. The molecule has 9 heteroatoms. The van der Waals surface area contributed by atoms with Crippen molar-refractivity contribution in [3.63, 3.8) is 0 Å². The highest BCUT2D eigenvalue weighted by Gasteiger charge is 2.27. The van der Waals surface area contributed by atoms with Crippen LogP contribution in [0.1, 0.15) is 104 Å². The first-order valence-corrected chi connectivity index (χ1v) is 12.9. The lowest BCUT2D eigenvalue weighted by atomic mass is 10.0. The normalized spacial score (nSPS) is 12.6. The summed E-state index contributed by atoms with van der Waals surface area (Å²) in [6.07, 6.45) is 12.3. The van der Waals surface area contributed by atoms with Crippen molar-refractivity contribution in [3.8, 4) is 0 Å². The lowest BCUT2D eigenvalue weighted by molar-refractivity contribution is -0.145. The minimum atomic E-state index is -0.824. The second-order valence-corrected chi connectivity index (χ2v) is 9.36. The first kappa shape index (κ1) is 31.7. The van der Waals surface area contributed by atoms with Gasteiger partial charge in [-0.25, -0.2) is 4.79 Å². The minimum absolute atomic E-state index is 0.0228. The van der Waals surface area contributed by atoms with E-state index in [0.29, 0.717) is 32.2 Å². The van der Waals surface area contributed by atoms with Crippen LogP contribution in [0.2, 0.25) is 0 Å². The highest BCUT2D eigenvalue weighted by atomic mass is 16.5. The second-order valence-electron chi connectivity index (χ2n) is 9.36. The van der Waals surface area contributed by atoms with Crippen molar-refractivity contribution in [1.82, 2.24) is 10.6 Å². The average Bonchev–Trinajstić information content (AvgIpc) is 2.78. The van der Waals surface area contributed by atoms with Gasteiger partial charge >= 0.3 is 5.97 Å².